The van der Waals surface area contributed by atoms with E-state index in [0.29, 0.717) is 13.2 Å². The molecule has 0 spiro atoms. The van der Waals surface area contributed by atoms with Crippen LogP contribution in [0.3, 0.4) is 0 Å². The summed E-state index contributed by atoms with van der Waals surface area (Å²) in [5.74, 6) is 0.843. The first-order valence-corrected chi connectivity index (χ1v) is 7.54. The van der Waals surface area contributed by atoms with Gasteiger partial charge in [0.25, 0.3) is 0 Å². The van der Waals surface area contributed by atoms with E-state index < -0.39 is 0 Å². The summed E-state index contributed by atoms with van der Waals surface area (Å²) >= 11 is 3.44. The van der Waals surface area contributed by atoms with Gasteiger partial charge in [0, 0.05) is 11.0 Å². The number of halogens is 1. The van der Waals surface area contributed by atoms with Gasteiger partial charge in [-0.1, -0.05) is 52.3 Å². The maximum atomic E-state index is 8.58. The zero-order chi connectivity index (χ0) is 14.9. The van der Waals surface area contributed by atoms with Crippen LogP contribution in [-0.4, -0.2) is 25.0 Å². The van der Waals surface area contributed by atoms with Crippen LogP contribution in [0.1, 0.15) is 0 Å². The van der Waals surface area contributed by atoms with Crippen LogP contribution in [0.15, 0.2) is 65.2 Å². The van der Waals surface area contributed by atoms with E-state index in [1.165, 1.54) is 0 Å². The minimum atomic E-state index is -0.0135. The first kappa shape index (κ1) is 15.8. The summed E-state index contributed by atoms with van der Waals surface area (Å²) in [5, 5.41) is 11.4. The predicted octanol–water partition coefficient (Wildman–Crippen LogP) is 3.59. The SMILES string of the molecule is OCNCC=CCOc1cccc(-c2ccc(Br)cc2)c1. The van der Waals surface area contributed by atoms with Crippen molar-refractivity contribution >= 4 is 15.9 Å². The third-order valence-corrected chi connectivity index (χ3v) is 3.43. The predicted molar refractivity (Wildman–Crippen MR) is 89.3 cm³/mol. The summed E-state index contributed by atoms with van der Waals surface area (Å²) in [6, 6.07) is 16.2. The Morgan fingerprint density at radius 2 is 1.86 bits per heavy atom. The van der Waals surface area contributed by atoms with E-state index in [9.17, 15) is 0 Å². The first-order valence-electron chi connectivity index (χ1n) is 6.75. The average molecular weight is 348 g/mol. The molecule has 0 saturated heterocycles. The molecule has 2 aromatic carbocycles. The van der Waals surface area contributed by atoms with Gasteiger partial charge >= 0.3 is 0 Å². The van der Waals surface area contributed by atoms with Gasteiger partial charge in [0.15, 0.2) is 0 Å². The van der Waals surface area contributed by atoms with Gasteiger partial charge in [0.2, 0.25) is 0 Å². The Balaban J connectivity index is 1.95. The molecule has 0 amide bonds. The molecule has 0 atom stereocenters. The molecule has 4 heteroatoms. The number of benzene rings is 2. The van der Waals surface area contributed by atoms with Crippen LogP contribution in [0.2, 0.25) is 0 Å². The van der Waals surface area contributed by atoms with Crippen molar-refractivity contribution < 1.29 is 9.84 Å². The van der Waals surface area contributed by atoms with Gasteiger partial charge in [-0.2, -0.15) is 0 Å². The highest BCUT2D eigenvalue weighted by atomic mass is 79.9. The molecule has 0 aromatic heterocycles. The molecule has 0 heterocycles. The Kier molecular flexibility index (Phi) is 6.47. The fourth-order valence-corrected chi connectivity index (χ4v) is 2.12. The van der Waals surface area contributed by atoms with Crippen molar-refractivity contribution in [2.45, 2.75) is 0 Å². The molecule has 2 aromatic rings. The second-order valence-electron chi connectivity index (χ2n) is 4.43. The van der Waals surface area contributed by atoms with Crippen LogP contribution in [0.5, 0.6) is 5.75 Å². The van der Waals surface area contributed by atoms with Crippen molar-refractivity contribution in [1.82, 2.24) is 5.32 Å². The van der Waals surface area contributed by atoms with Crippen LogP contribution in [0.25, 0.3) is 11.1 Å². The van der Waals surface area contributed by atoms with Crippen molar-refractivity contribution in [3.05, 3.63) is 65.2 Å². The Morgan fingerprint density at radius 1 is 1.05 bits per heavy atom. The molecule has 0 radical (unpaired) electrons. The van der Waals surface area contributed by atoms with Crippen LogP contribution < -0.4 is 10.1 Å². The lowest BCUT2D eigenvalue weighted by atomic mass is 10.1. The second kappa shape index (κ2) is 8.62. The largest absolute Gasteiger partial charge is 0.490 e. The van der Waals surface area contributed by atoms with E-state index in [0.717, 1.165) is 21.3 Å². The minimum absolute atomic E-state index is 0.0135. The van der Waals surface area contributed by atoms with Gasteiger partial charge in [-0.05, 0) is 35.4 Å². The van der Waals surface area contributed by atoms with Gasteiger partial charge in [0.1, 0.15) is 12.4 Å². The molecule has 0 fully saturated rings. The van der Waals surface area contributed by atoms with E-state index in [1.54, 1.807) is 0 Å². The fourth-order valence-electron chi connectivity index (χ4n) is 1.85. The van der Waals surface area contributed by atoms with E-state index in [-0.39, 0.29) is 6.73 Å². The van der Waals surface area contributed by atoms with Crippen LogP contribution >= 0.6 is 15.9 Å². The van der Waals surface area contributed by atoms with Crippen LogP contribution in [0, 0.1) is 0 Å². The lowest BCUT2D eigenvalue weighted by Gasteiger charge is -2.07. The normalized spacial score (nSPS) is 11.0. The van der Waals surface area contributed by atoms with Crippen LogP contribution in [0.4, 0.5) is 0 Å². The summed E-state index contributed by atoms with van der Waals surface area (Å²) in [7, 11) is 0. The van der Waals surface area contributed by atoms with Crippen molar-refractivity contribution in [2.75, 3.05) is 19.9 Å². The Bertz CT molecular complexity index is 582. The molecule has 2 rings (SSSR count). The summed E-state index contributed by atoms with van der Waals surface area (Å²) < 4.78 is 6.76. The summed E-state index contributed by atoms with van der Waals surface area (Å²) in [4.78, 5) is 0. The van der Waals surface area contributed by atoms with Gasteiger partial charge in [0.05, 0.1) is 6.73 Å². The molecule has 110 valence electrons. The number of nitrogens with one attached hydrogen (secondary N) is 1. The maximum absolute atomic E-state index is 8.58. The topological polar surface area (TPSA) is 41.5 Å². The van der Waals surface area contributed by atoms with E-state index in [2.05, 4.69) is 39.4 Å². The highest BCUT2D eigenvalue weighted by Gasteiger charge is 1.99. The Labute approximate surface area is 133 Å². The average Bonchev–Trinajstić information content (AvgIpc) is 2.52. The lowest BCUT2D eigenvalue weighted by molar-refractivity contribution is 0.267. The highest BCUT2D eigenvalue weighted by molar-refractivity contribution is 9.10. The smallest absolute Gasteiger partial charge is 0.120 e. The molecule has 21 heavy (non-hydrogen) atoms. The molecule has 2 N–H and O–H groups in total. The first-order chi connectivity index (χ1) is 10.3. The molecule has 3 nitrogen and oxygen atoms in total. The second-order valence-corrected chi connectivity index (χ2v) is 5.35. The van der Waals surface area contributed by atoms with Gasteiger partial charge in [-0.15, -0.1) is 0 Å². The fraction of sp³-hybridized carbons (Fsp3) is 0.176. The third kappa shape index (κ3) is 5.34. The van der Waals surface area contributed by atoms with Crippen LogP contribution in [-0.2, 0) is 0 Å². The number of ether oxygens (including phenoxy) is 1. The third-order valence-electron chi connectivity index (χ3n) is 2.90. The van der Waals surface area contributed by atoms with Gasteiger partial charge < -0.3 is 9.84 Å². The lowest BCUT2D eigenvalue weighted by Crippen LogP contribution is -2.14. The minimum Gasteiger partial charge on any atom is -0.490 e. The summed E-state index contributed by atoms with van der Waals surface area (Å²) in [5.41, 5.74) is 2.29. The molecule has 0 aliphatic carbocycles. The molecular formula is C17H18BrNO2. The zero-order valence-corrected chi connectivity index (χ0v) is 13.2. The molecule has 0 aliphatic heterocycles. The quantitative estimate of drug-likeness (QED) is 0.457. The molecule has 0 saturated carbocycles. The molecule has 0 bridgehead atoms. The molecule has 0 aliphatic rings. The highest BCUT2D eigenvalue weighted by Crippen LogP contribution is 2.25. The number of hydrogen-bond donors (Lipinski definition) is 2. The Hall–Kier alpha value is -1.62. The summed E-state index contributed by atoms with van der Waals surface area (Å²) in [6.07, 6.45) is 3.85. The van der Waals surface area contributed by atoms with Crippen molar-refractivity contribution in [3.63, 3.8) is 0 Å². The van der Waals surface area contributed by atoms with E-state index in [4.69, 9.17) is 9.84 Å². The maximum Gasteiger partial charge on any atom is 0.120 e. The number of aliphatic hydroxyl groups is 1. The van der Waals surface area contributed by atoms with E-state index in [1.807, 2.05) is 42.5 Å². The van der Waals surface area contributed by atoms with Gasteiger partial charge in [-0.25, -0.2) is 0 Å². The monoisotopic (exact) mass is 347 g/mol. The molecular weight excluding hydrogens is 330 g/mol. The number of hydrogen-bond acceptors (Lipinski definition) is 3. The van der Waals surface area contributed by atoms with Gasteiger partial charge in [-0.3, -0.25) is 5.32 Å². The Morgan fingerprint density at radius 3 is 2.62 bits per heavy atom. The number of rotatable bonds is 7. The summed E-state index contributed by atoms with van der Waals surface area (Å²) in [6.45, 7) is 1.14. The number of aliphatic hydroxyl groups excluding tert-OH is 1. The zero-order valence-electron chi connectivity index (χ0n) is 11.6. The molecule has 0 unspecified atom stereocenters. The van der Waals surface area contributed by atoms with Crippen molar-refractivity contribution in [2.24, 2.45) is 0 Å². The van der Waals surface area contributed by atoms with Crippen molar-refractivity contribution in [1.29, 1.82) is 0 Å². The standard InChI is InChI=1S/C17H18BrNO2/c18-16-8-6-14(7-9-16)15-4-3-5-17(12-15)21-11-2-1-10-19-13-20/h1-9,12,19-20H,10-11,13H2. The van der Waals surface area contributed by atoms with Crippen molar-refractivity contribution in [3.8, 4) is 16.9 Å². The van der Waals surface area contributed by atoms with E-state index >= 15 is 0 Å².